The molecule has 0 atom stereocenters. The second kappa shape index (κ2) is 10.3. The highest BCUT2D eigenvalue weighted by molar-refractivity contribution is 7.80. The Morgan fingerprint density at radius 3 is 2.32 bits per heavy atom. The van der Waals surface area contributed by atoms with Crippen LogP contribution >= 0.6 is 12.2 Å². The van der Waals surface area contributed by atoms with E-state index in [1.807, 2.05) is 12.1 Å². The number of aliphatic carboxylic acids is 2. The first-order valence-electron chi connectivity index (χ1n) is 6.71. The van der Waals surface area contributed by atoms with Gasteiger partial charge < -0.3 is 20.3 Å². The van der Waals surface area contributed by atoms with Crippen molar-refractivity contribution in [3.63, 3.8) is 0 Å². The Bertz CT molecular complexity index is 761. The van der Waals surface area contributed by atoms with Crippen LogP contribution in [0, 0.1) is 11.3 Å². The number of nitrogens with zero attached hydrogens (tertiary/aromatic N) is 2. The average Bonchev–Trinajstić information content (AvgIpc) is 2.62. The molecule has 1 aromatic heterocycles. The number of hydrogen-bond donors (Lipinski definition) is 3. The van der Waals surface area contributed by atoms with E-state index in [0.29, 0.717) is 12.2 Å². The van der Waals surface area contributed by atoms with E-state index in [0.717, 1.165) is 11.3 Å². The first kappa shape index (κ1) is 19.5. The Morgan fingerprint density at radius 2 is 1.84 bits per heavy atom. The fourth-order valence-electron chi connectivity index (χ4n) is 1.41. The van der Waals surface area contributed by atoms with E-state index in [1.165, 1.54) is 0 Å². The van der Waals surface area contributed by atoms with Crippen LogP contribution in [0.3, 0.4) is 0 Å². The summed E-state index contributed by atoms with van der Waals surface area (Å²) in [5.74, 6) is -3.65. The first-order chi connectivity index (χ1) is 11.9. The molecule has 1 aromatic carbocycles. The van der Waals surface area contributed by atoms with E-state index >= 15 is 0 Å². The van der Waals surface area contributed by atoms with E-state index < -0.39 is 11.9 Å². The second-order valence-electron chi connectivity index (χ2n) is 4.36. The van der Waals surface area contributed by atoms with Gasteiger partial charge in [-0.3, -0.25) is 4.98 Å². The van der Waals surface area contributed by atoms with Gasteiger partial charge in [0.1, 0.15) is 6.61 Å². The maximum absolute atomic E-state index is 9.10. The van der Waals surface area contributed by atoms with Gasteiger partial charge in [0.05, 0.1) is 11.6 Å². The fourth-order valence-corrected chi connectivity index (χ4v) is 1.59. The number of rotatable bonds is 3. The molecule has 0 unspecified atom stereocenters. The molecule has 0 aliphatic rings. The lowest BCUT2D eigenvalue weighted by atomic mass is 10.2. The standard InChI is InChI=1S/C14H11N3OS.C2H2O4/c15-8-11-3-5-13(6-4-11)17-14(19)18-10-12-2-1-7-16-9-12;3-1(4)2(5)6/h1-7,9H,10H2,(H,17,19);(H,3,4)(H,5,6). The molecule has 0 fully saturated rings. The molecular formula is C16H13N3O5S. The third-order valence-electron chi connectivity index (χ3n) is 2.54. The molecule has 0 spiro atoms. The van der Waals surface area contributed by atoms with E-state index in [2.05, 4.69) is 16.4 Å². The van der Waals surface area contributed by atoms with Gasteiger partial charge in [-0.25, -0.2) is 9.59 Å². The van der Waals surface area contributed by atoms with Crippen molar-refractivity contribution in [1.29, 1.82) is 5.26 Å². The zero-order chi connectivity index (χ0) is 18.7. The van der Waals surface area contributed by atoms with Crippen molar-refractivity contribution in [3.05, 3.63) is 59.9 Å². The van der Waals surface area contributed by atoms with Gasteiger partial charge in [-0.2, -0.15) is 5.26 Å². The number of anilines is 1. The van der Waals surface area contributed by atoms with Crippen LogP contribution in [0.25, 0.3) is 0 Å². The lowest BCUT2D eigenvalue weighted by Gasteiger charge is -2.09. The highest BCUT2D eigenvalue weighted by atomic mass is 32.1. The van der Waals surface area contributed by atoms with E-state index in [1.54, 1.807) is 36.7 Å². The van der Waals surface area contributed by atoms with Gasteiger partial charge in [0, 0.05) is 23.6 Å². The van der Waals surface area contributed by atoms with Crippen LogP contribution in [-0.4, -0.2) is 32.3 Å². The number of carboxylic acids is 2. The summed E-state index contributed by atoms with van der Waals surface area (Å²) in [6, 6.07) is 12.8. The average molecular weight is 359 g/mol. The lowest BCUT2D eigenvalue weighted by Crippen LogP contribution is -2.13. The number of carboxylic acid groups (broad SMARTS) is 2. The molecule has 1 heterocycles. The summed E-state index contributed by atoms with van der Waals surface area (Å²) in [6.07, 6.45) is 3.43. The normalized spacial score (nSPS) is 8.92. The van der Waals surface area contributed by atoms with Crippen molar-refractivity contribution in [2.24, 2.45) is 0 Å². The molecule has 0 aliphatic heterocycles. The molecule has 0 saturated heterocycles. The summed E-state index contributed by atoms with van der Waals surface area (Å²) in [5, 5.41) is 26.7. The topological polar surface area (TPSA) is 133 Å². The number of pyridine rings is 1. The minimum Gasteiger partial charge on any atom is -0.473 e. The van der Waals surface area contributed by atoms with Crippen molar-refractivity contribution >= 4 is 35.0 Å². The number of nitrogens with one attached hydrogen (secondary N) is 1. The van der Waals surface area contributed by atoms with Crippen LogP contribution in [0.2, 0.25) is 0 Å². The Labute approximate surface area is 148 Å². The maximum atomic E-state index is 9.10. The molecule has 8 nitrogen and oxygen atoms in total. The molecule has 0 saturated carbocycles. The summed E-state index contributed by atoms with van der Waals surface area (Å²) in [6.45, 7) is 0.371. The number of hydrogen-bond acceptors (Lipinski definition) is 6. The summed E-state index contributed by atoms with van der Waals surface area (Å²) < 4.78 is 5.40. The van der Waals surface area contributed by atoms with Gasteiger partial charge in [0.2, 0.25) is 0 Å². The van der Waals surface area contributed by atoms with E-state index in [9.17, 15) is 0 Å². The van der Waals surface area contributed by atoms with Crippen LogP contribution < -0.4 is 5.32 Å². The largest absolute Gasteiger partial charge is 0.473 e. The molecule has 0 bridgehead atoms. The highest BCUT2D eigenvalue weighted by Gasteiger charge is 2.04. The van der Waals surface area contributed by atoms with Gasteiger partial charge in [0.25, 0.3) is 5.17 Å². The molecule has 0 aliphatic carbocycles. The quantitative estimate of drug-likeness (QED) is 0.556. The minimum atomic E-state index is -1.82. The minimum absolute atomic E-state index is 0.286. The van der Waals surface area contributed by atoms with E-state index in [-0.39, 0.29) is 5.17 Å². The number of aromatic nitrogens is 1. The number of nitriles is 1. The summed E-state index contributed by atoms with van der Waals surface area (Å²) in [7, 11) is 0. The van der Waals surface area contributed by atoms with Crippen molar-refractivity contribution in [3.8, 4) is 6.07 Å². The molecule has 0 amide bonds. The molecular weight excluding hydrogens is 346 g/mol. The zero-order valence-corrected chi connectivity index (χ0v) is 13.6. The Balaban J connectivity index is 0.000000450. The summed E-state index contributed by atoms with van der Waals surface area (Å²) in [4.78, 5) is 22.2. The summed E-state index contributed by atoms with van der Waals surface area (Å²) in [5.41, 5.74) is 2.34. The summed E-state index contributed by atoms with van der Waals surface area (Å²) >= 11 is 5.08. The van der Waals surface area contributed by atoms with Crippen LogP contribution in [0.5, 0.6) is 0 Å². The number of thiocarbonyl (C=S) groups is 1. The van der Waals surface area contributed by atoms with Crippen molar-refractivity contribution < 1.29 is 24.5 Å². The predicted molar refractivity (Wildman–Crippen MR) is 91.7 cm³/mol. The smallest absolute Gasteiger partial charge is 0.414 e. The van der Waals surface area contributed by atoms with Gasteiger partial charge >= 0.3 is 11.9 Å². The third-order valence-corrected chi connectivity index (χ3v) is 2.76. The van der Waals surface area contributed by atoms with Crippen molar-refractivity contribution in [1.82, 2.24) is 4.98 Å². The fraction of sp³-hybridized carbons (Fsp3) is 0.0625. The Morgan fingerprint density at radius 1 is 1.20 bits per heavy atom. The lowest BCUT2D eigenvalue weighted by molar-refractivity contribution is -0.159. The molecule has 2 aromatic rings. The molecule has 0 radical (unpaired) electrons. The van der Waals surface area contributed by atoms with Gasteiger partial charge in [-0.05, 0) is 42.5 Å². The van der Waals surface area contributed by atoms with Gasteiger partial charge in [-0.1, -0.05) is 6.07 Å². The number of ether oxygens (including phenoxy) is 1. The molecule has 2 rings (SSSR count). The maximum Gasteiger partial charge on any atom is 0.414 e. The SMILES string of the molecule is N#Cc1ccc(NC(=S)OCc2cccnc2)cc1.O=C(O)C(=O)O. The number of benzene rings is 1. The Hall–Kier alpha value is -3.51. The molecule has 9 heteroatoms. The van der Waals surface area contributed by atoms with Crippen LogP contribution in [0.1, 0.15) is 11.1 Å². The van der Waals surface area contributed by atoms with Crippen molar-refractivity contribution in [2.45, 2.75) is 6.61 Å². The molecule has 3 N–H and O–H groups in total. The zero-order valence-electron chi connectivity index (χ0n) is 12.7. The van der Waals surface area contributed by atoms with Crippen LogP contribution in [0.4, 0.5) is 5.69 Å². The Kier molecular flexibility index (Phi) is 8.05. The van der Waals surface area contributed by atoms with Crippen LogP contribution in [0.15, 0.2) is 48.8 Å². The monoisotopic (exact) mass is 359 g/mol. The first-order valence-corrected chi connectivity index (χ1v) is 7.12. The van der Waals surface area contributed by atoms with Gasteiger partial charge in [0.15, 0.2) is 0 Å². The van der Waals surface area contributed by atoms with Crippen LogP contribution in [-0.2, 0) is 20.9 Å². The predicted octanol–water partition coefficient (Wildman–Crippen LogP) is 2.02. The van der Waals surface area contributed by atoms with Crippen molar-refractivity contribution in [2.75, 3.05) is 5.32 Å². The van der Waals surface area contributed by atoms with E-state index in [4.69, 9.17) is 42.0 Å². The highest BCUT2D eigenvalue weighted by Crippen LogP contribution is 2.09. The third kappa shape index (κ3) is 8.06. The second-order valence-corrected chi connectivity index (χ2v) is 4.73. The molecule has 128 valence electrons. The molecule has 25 heavy (non-hydrogen) atoms. The number of carbonyl (C=O) groups is 2. The van der Waals surface area contributed by atoms with Gasteiger partial charge in [-0.15, -0.1) is 0 Å².